The first-order valence-corrected chi connectivity index (χ1v) is 6.16. The molecular weight excluding hydrogens is 255 g/mol. The van der Waals surface area contributed by atoms with Crippen molar-refractivity contribution in [3.63, 3.8) is 0 Å². The minimum atomic E-state index is -0.410. The van der Waals surface area contributed by atoms with E-state index in [9.17, 15) is 4.39 Å². The van der Waals surface area contributed by atoms with Crippen LogP contribution in [0.25, 0.3) is 11.1 Å². The van der Waals surface area contributed by atoms with E-state index in [-0.39, 0.29) is 17.4 Å². The van der Waals surface area contributed by atoms with Gasteiger partial charge in [-0.15, -0.1) is 0 Å². The zero-order chi connectivity index (χ0) is 12.9. The van der Waals surface area contributed by atoms with E-state index in [0.29, 0.717) is 22.2 Å². The van der Waals surface area contributed by atoms with Crippen LogP contribution >= 0.6 is 11.6 Å². The smallest absolute Gasteiger partial charge is 0.230 e. The van der Waals surface area contributed by atoms with Crippen LogP contribution in [0.3, 0.4) is 0 Å². The fraction of sp³-hybridized carbons (Fsp3) is 0.308. The minimum absolute atomic E-state index is 0.121. The molecule has 0 amide bonds. The second kappa shape index (κ2) is 3.99. The highest BCUT2D eigenvalue weighted by Crippen LogP contribution is 2.51. The zero-order valence-corrected chi connectivity index (χ0v) is 10.5. The van der Waals surface area contributed by atoms with Crippen LogP contribution in [0.5, 0.6) is 0 Å². The van der Waals surface area contributed by atoms with Gasteiger partial charge in [0, 0.05) is 11.5 Å². The lowest BCUT2D eigenvalue weighted by atomic mass is 10.0. The van der Waals surface area contributed by atoms with E-state index < -0.39 is 5.82 Å². The summed E-state index contributed by atoms with van der Waals surface area (Å²) >= 11 is 6.06. The maximum atomic E-state index is 13.9. The molecule has 1 aromatic carbocycles. The Morgan fingerprint density at radius 1 is 1.44 bits per heavy atom. The number of anilines is 1. The Bertz CT molecular complexity index is 591. The summed E-state index contributed by atoms with van der Waals surface area (Å²) in [7, 11) is 0. The quantitative estimate of drug-likeness (QED) is 0.898. The number of nitrogen functional groups attached to an aromatic ring is 1. The third-order valence-corrected chi connectivity index (χ3v) is 3.73. The van der Waals surface area contributed by atoms with Gasteiger partial charge in [0.05, 0.1) is 16.3 Å². The third-order valence-electron chi connectivity index (χ3n) is 3.42. The molecule has 1 saturated carbocycles. The molecule has 18 heavy (non-hydrogen) atoms. The van der Waals surface area contributed by atoms with Crippen LogP contribution in [-0.4, -0.2) is 5.16 Å². The lowest BCUT2D eigenvalue weighted by Crippen LogP contribution is -1.93. The maximum Gasteiger partial charge on any atom is 0.230 e. The molecule has 1 aromatic heterocycles. The standard InChI is InChI=1S/C13H12ClFN2O/c1-6-5-7(6)12-11(13(16)18-17-12)10-8(14)3-2-4-9(10)15/h2-4,6-7H,5,16H2,1H3. The molecule has 3 rings (SSSR count). The summed E-state index contributed by atoms with van der Waals surface area (Å²) in [6.45, 7) is 2.11. The molecule has 1 aliphatic rings. The average molecular weight is 267 g/mol. The van der Waals surface area contributed by atoms with Crippen LogP contribution < -0.4 is 5.73 Å². The molecule has 0 radical (unpaired) electrons. The summed E-state index contributed by atoms with van der Waals surface area (Å²) in [4.78, 5) is 0. The second-order valence-electron chi connectivity index (χ2n) is 4.72. The van der Waals surface area contributed by atoms with Gasteiger partial charge in [-0.25, -0.2) is 4.39 Å². The van der Waals surface area contributed by atoms with E-state index >= 15 is 0 Å². The van der Waals surface area contributed by atoms with E-state index in [0.717, 1.165) is 6.42 Å². The molecule has 94 valence electrons. The van der Waals surface area contributed by atoms with Gasteiger partial charge in [0.1, 0.15) is 5.82 Å². The van der Waals surface area contributed by atoms with Gasteiger partial charge >= 0.3 is 0 Å². The molecule has 0 spiro atoms. The predicted molar refractivity (Wildman–Crippen MR) is 67.8 cm³/mol. The Kier molecular flexibility index (Phi) is 2.55. The van der Waals surface area contributed by atoms with Gasteiger partial charge in [0.25, 0.3) is 0 Å². The molecular formula is C13H12ClFN2O. The summed E-state index contributed by atoms with van der Waals surface area (Å²) < 4.78 is 19.0. The number of halogens is 2. The number of nitrogens with two attached hydrogens (primary N) is 1. The van der Waals surface area contributed by atoms with Crippen LogP contribution in [0.15, 0.2) is 22.7 Å². The Labute approximate surface area is 109 Å². The first kappa shape index (κ1) is 11.5. The molecule has 2 atom stereocenters. The number of rotatable bonds is 2. The van der Waals surface area contributed by atoms with Crippen LogP contribution in [0, 0.1) is 11.7 Å². The molecule has 0 bridgehead atoms. The van der Waals surface area contributed by atoms with Gasteiger partial charge in [-0.05, 0) is 24.5 Å². The number of hydrogen-bond acceptors (Lipinski definition) is 3. The molecule has 0 aliphatic heterocycles. The Hall–Kier alpha value is -1.55. The molecule has 1 heterocycles. The minimum Gasteiger partial charge on any atom is -0.367 e. The summed E-state index contributed by atoms with van der Waals surface area (Å²) in [6.07, 6.45) is 1.02. The monoisotopic (exact) mass is 266 g/mol. The van der Waals surface area contributed by atoms with Crippen molar-refractivity contribution in [3.8, 4) is 11.1 Å². The van der Waals surface area contributed by atoms with Crippen molar-refractivity contribution in [3.05, 3.63) is 34.7 Å². The van der Waals surface area contributed by atoms with Crippen LogP contribution in [0.2, 0.25) is 5.02 Å². The van der Waals surface area contributed by atoms with E-state index in [4.69, 9.17) is 21.9 Å². The van der Waals surface area contributed by atoms with Gasteiger partial charge in [-0.1, -0.05) is 29.7 Å². The van der Waals surface area contributed by atoms with E-state index in [1.807, 2.05) is 0 Å². The normalized spacial score (nSPS) is 22.2. The second-order valence-corrected chi connectivity index (χ2v) is 5.13. The Balaban J connectivity index is 2.20. The van der Waals surface area contributed by atoms with Crippen molar-refractivity contribution in [1.29, 1.82) is 0 Å². The number of aromatic nitrogens is 1. The van der Waals surface area contributed by atoms with E-state index in [1.165, 1.54) is 6.07 Å². The Morgan fingerprint density at radius 3 is 2.78 bits per heavy atom. The highest BCUT2D eigenvalue weighted by atomic mass is 35.5. The van der Waals surface area contributed by atoms with Gasteiger partial charge in [0.15, 0.2) is 0 Å². The maximum absolute atomic E-state index is 13.9. The van der Waals surface area contributed by atoms with Crippen LogP contribution in [-0.2, 0) is 0 Å². The number of hydrogen-bond donors (Lipinski definition) is 1. The van der Waals surface area contributed by atoms with Crippen molar-refractivity contribution < 1.29 is 8.91 Å². The van der Waals surface area contributed by atoms with Crippen LogP contribution in [0.1, 0.15) is 25.0 Å². The van der Waals surface area contributed by atoms with Crippen molar-refractivity contribution in [2.24, 2.45) is 5.92 Å². The number of benzene rings is 1. The van der Waals surface area contributed by atoms with Crippen molar-refractivity contribution in [2.75, 3.05) is 5.73 Å². The molecule has 0 saturated heterocycles. The van der Waals surface area contributed by atoms with E-state index in [2.05, 4.69) is 12.1 Å². The fourth-order valence-electron chi connectivity index (χ4n) is 2.26. The highest BCUT2D eigenvalue weighted by molar-refractivity contribution is 6.33. The van der Waals surface area contributed by atoms with Gasteiger partial charge in [0.2, 0.25) is 5.88 Å². The lowest BCUT2D eigenvalue weighted by Gasteiger charge is -2.05. The summed E-state index contributed by atoms with van der Waals surface area (Å²) in [5.41, 5.74) is 7.27. The topological polar surface area (TPSA) is 52.0 Å². The highest BCUT2D eigenvalue weighted by Gasteiger charge is 2.40. The third kappa shape index (κ3) is 1.68. The predicted octanol–water partition coefficient (Wildman–Crippen LogP) is 3.84. The Morgan fingerprint density at radius 2 is 2.17 bits per heavy atom. The van der Waals surface area contributed by atoms with Crippen molar-refractivity contribution >= 4 is 17.5 Å². The molecule has 3 nitrogen and oxygen atoms in total. The summed E-state index contributed by atoms with van der Waals surface area (Å²) in [5, 5.41) is 4.28. The summed E-state index contributed by atoms with van der Waals surface area (Å²) in [6, 6.07) is 4.55. The number of nitrogens with zero attached hydrogens (tertiary/aromatic N) is 1. The average Bonchev–Trinajstić information content (AvgIpc) is 2.92. The first-order valence-electron chi connectivity index (χ1n) is 5.79. The zero-order valence-electron chi connectivity index (χ0n) is 9.78. The van der Waals surface area contributed by atoms with Crippen molar-refractivity contribution in [2.45, 2.75) is 19.3 Å². The first-order chi connectivity index (χ1) is 8.59. The molecule has 2 N–H and O–H groups in total. The lowest BCUT2D eigenvalue weighted by molar-refractivity contribution is 0.427. The molecule has 2 aromatic rings. The van der Waals surface area contributed by atoms with Crippen molar-refractivity contribution in [1.82, 2.24) is 5.16 Å². The van der Waals surface area contributed by atoms with Gasteiger partial charge in [-0.3, -0.25) is 0 Å². The van der Waals surface area contributed by atoms with Gasteiger partial charge < -0.3 is 10.3 Å². The van der Waals surface area contributed by atoms with Crippen LogP contribution in [0.4, 0.5) is 10.3 Å². The largest absolute Gasteiger partial charge is 0.367 e. The van der Waals surface area contributed by atoms with E-state index in [1.54, 1.807) is 12.1 Å². The molecule has 1 fully saturated rings. The molecule has 2 unspecified atom stereocenters. The summed E-state index contributed by atoms with van der Waals surface area (Å²) in [5.74, 6) is 0.526. The SMILES string of the molecule is CC1CC1c1noc(N)c1-c1c(F)cccc1Cl. The molecule has 5 heteroatoms. The van der Waals surface area contributed by atoms with Gasteiger partial charge in [-0.2, -0.15) is 0 Å². The molecule has 1 aliphatic carbocycles. The fourth-order valence-corrected chi connectivity index (χ4v) is 2.52.